The molecule has 0 unspecified atom stereocenters. The Morgan fingerprint density at radius 1 is 1.69 bits per heavy atom. The number of rotatable bonds is 2. The topological polar surface area (TPSA) is 49.8 Å². The quantitative estimate of drug-likeness (QED) is 0.460. The molecule has 1 heterocycles. The van der Waals surface area contributed by atoms with Crippen molar-refractivity contribution >= 4 is 34.6 Å². The Kier molecular flexibility index (Phi) is 3.18. The predicted molar refractivity (Wildman–Crippen MR) is 59.4 cm³/mol. The first kappa shape index (κ1) is 9.90. The van der Waals surface area contributed by atoms with Crippen LogP contribution >= 0.6 is 23.6 Å². The molecule has 1 aromatic heterocycles. The van der Waals surface area contributed by atoms with Crippen LogP contribution in [-0.4, -0.2) is 4.99 Å². The summed E-state index contributed by atoms with van der Waals surface area (Å²) in [6.07, 6.45) is 1.71. The summed E-state index contributed by atoms with van der Waals surface area (Å²) in [5.74, 6) is 0. The van der Waals surface area contributed by atoms with Crippen LogP contribution in [-0.2, 0) is 0 Å². The average molecular weight is 208 g/mol. The third kappa shape index (κ3) is 2.65. The maximum Gasteiger partial charge on any atom is 0.114 e. The summed E-state index contributed by atoms with van der Waals surface area (Å²) in [6, 6.07) is 5.89. The van der Waals surface area contributed by atoms with Gasteiger partial charge in [0.05, 0.1) is 5.57 Å². The van der Waals surface area contributed by atoms with E-state index in [-0.39, 0.29) is 4.99 Å². The van der Waals surface area contributed by atoms with Crippen molar-refractivity contribution in [1.82, 2.24) is 0 Å². The van der Waals surface area contributed by atoms with Crippen molar-refractivity contribution in [1.29, 1.82) is 5.26 Å². The minimum atomic E-state index is 0.147. The second-order valence-electron chi connectivity index (χ2n) is 2.48. The summed E-state index contributed by atoms with van der Waals surface area (Å²) in [5, 5.41) is 8.68. The summed E-state index contributed by atoms with van der Waals surface area (Å²) in [4.78, 5) is 2.35. The molecule has 0 radical (unpaired) electrons. The van der Waals surface area contributed by atoms with E-state index in [1.807, 2.05) is 25.1 Å². The van der Waals surface area contributed by atoms with Crippen LogP contribution in [0.25, 0.3) is 6.08 Å². The lowest BCUT2D eigenvalue weighted by Crippen LogP contribution is -2.09. The Hall–Kier alpha value is -1.18. The lowest BCUT2D eigenvalue weighted by molar-refractivity contribution is 1.52. The molecule has 0 saturated carbocycles. The van der Waals surface area contributed by atoms with Gasteiger partial charge in [-0.3, -0.25) is 0 Å². The molecular weight excluding hydrogens is 200 g/mol. The second kappa shape index (κ2) is 4.17. The van der Waals surface area contributed by atoms with Crippen molar-refractivity contribution in [3.8, 4) is 6.07 Å². The lowest BCUT2D eigenvalue weighted by atomic mass is 10.2. The monoisotopic (exact) mass is 208 g/mol. The van der Waals surface area contributed by atoms with Crippen LogP contribution in [0.4, 0.5) is 0 Å². The molecule has 0 bridgehead atoms. The Morgan fingerprint density at radius 2 is 2.38 bits per heavy atom. The Morgan fingerprint density at radius 3 is 2.77 bits per heavy atom. The first-order chi connectivity index (χ1) is 6.13. The summed E-state index contributed by atoms with van der Waals surface area (Å²) in [7, 11) is 0. The van der Waals surface area contributed by atoms with E-state index in [2.05, 4.69) is 0 Å². The molecule has 0 aliphatic carbocycles. The molecule has 2 nitrogen and oxygen atoms in total. The number of thiocarbonyl (C=S) groups is 1. The van der Waals surface area contributed by atoms with Crippen LogP contribution in [0.5, 0.6) is 0 Å². The van der Waals surface area contributed by atoms with Gasteiger partial charge in [0.15, 0.2) is 0 Å². The molecule has 66 valence electrons. The van der Waals surface area contributed by atoms with E-state index in [0.29, 0.717) is 5.57 Å². The highest BCUT2D eigenvalue weighted by Crippen LogP contribution is 2.18. The maximum absolute atomic E-state index is 8.68. The van der Waals surface area contributed by atoms with Gasteiger partial charge in [0.1, 0.15) is 11.1 Å². The molecule has 2 N–H and O–H groups in total. The van der Waals surface area contributed by atoms with Crippen molar-refractivity contribution in [3.63, 3.8) is 0 Å². The van der Waals surface area contributed by atoms with Crippen LogP contribution < -0.4 is 5.73 Å². The molecule has 0 atom stereocenters. The number of hydrogen-bond donors (Lipinski definition) is 1. The predicted octanol–water partition coefficient (Wildman–Crippen LogP) is 2.25. The fourth-order valence-electron chi connectivity index (χ4n) is 0.832. The number of aryl methyl sites for hydroxylation is 1. The van der Waals surface area contributed by atoms with E-state index < -0.39 is 0 Å². The summed E-state index contributed by atoms with van der Waals surface area (Å²) in [6.45, 7) is 2.01. The first-order valence-electron chi connectivity index (χ1n) is 3.61. The van der Waals surface area contributed by atoms with E-state index in [0.717, 1.165) is 4.88 Å². The average Bonchev–Trinajstić information content (AvgIpc) is 2.46. The maximum atomic E-state index is 8.68. The van der Waals surface area contributed by atoms with E-state index in [1.54, 1.807) is 17.4 Å². The van der Waals surface area contributed by atoms with E-state index in [4.69, 9.17) is 23.2 Å². The Labute approximate surface area is 86.3 Å². The van der Waals surface area contributed by atoms with E-state index in [9.17, 15) is 0 Å². The minimum absolute atomic E-state index is 0.147. The van der Waals surface area contributed by atoms with Crippen molar-refractivity contribution in [2.75, 3.05) is 0 Å². The molecule has 0 amide bonds. The zero-order chi connectivity index (χ0) is 9.84. The van der Waals surface area contributed by atoms with Gasteiger partial charge in [-0.1, -0.05) is 12.2 Å². The lowest BCUT2D eigenvalue weighted by Gasteiger charge is -1.91. The molecule has 0 saturated heterocycles. The fourth-order valence-corrected chi connectivity index (χ4v) is 1.76. The van der Waals surface area contributed by atoms with Crippen LogP contribution in [0.15, 0.2) is 17.7 Å². The van der Waals surface area contributed by atoms with E-state index in [1.165, 1.54) is 4.88 Å². The van der Waals surface area contributed by atoms with Gasteiger partial charge in [0.2, 0.25) is 0 Å². The number of thiophene rings is 1. The molecule has 0 aromatic carbocycles. The largest absolute Gasteiger partial charge is 0.389 e. The molecule has 1 aromatic rings. The highest BCUT2D eigenvalue weighted by molar-refractivity contribution is 7.80. The molecular formula is C9H8N2S2. The Bertz CT molecular complexity index is 396. The van der Waals surface area contributed by atoms with Crippen molar-refractivity contribution < 1.29 is 0 Å². The normalized spacial score (nSPS) is 10.9. The van der Waals surface area contributed by atoms with Crippen molar-refractivity contribution in [2.45, 2.75) is 6.92 Å². The number of hydrogen-bond acceptors (Lipinski definition) is 3. The Balaban J connectivity index is 3.00. The molecule has 13 heavy (non-hydrogen) atoms. The molecule has 0 fully saturated rings. The molecule has 0 aliphatic heterocycles. The fraction of sp³-hybridized carbons (Fsp3) is 0.111. The van der Waals surface area contributed by atoms with Gasteiger partial charge in [-0.05, 0) is 25.1 Å². The van der Waals surface area contributed by atoms with E-state index >= 15 is 0 Å². The molecule has 1 rings (SSSR count). The minimum Gasteiger partial charge on any atom is -0.389 e. The number of nitriles is 1. The van der Waals surface area contributed by atoms with Gasteiger partial charge in [0, 0.05) is 9.75 Å². The first-order valence-corrected chi connectivity index (χ1v) is 4.84. The van der Waals surface area contributed by atoms with Crippen molar-refractivity contribution in [3.05, 3.63) is 27.5 Å². The van der Waals surface area contributed by atoms with Gasteiger partial charge in [-0.15, -0.1) is 11.3 Å². The summed E-state index contributed by atoms with van der Waals surface area (Å²) < 4.78 is 0. The van der Waals surface area contributed by atoms with Gasteiger partial charge in [-0.25, -0.2) is 0 Å². The standard InChI is InChI=1S/C9H8N2S2/c1-6-2-3-8(13-6)4-7(5-10)9(11)12/h2-4H,1H3,(H2,11,12)/b7-4+. The van der Waals surface area contributed by atoms with Gasteiger partial charge in [-0.2, -0.15) is 5.26 Å². The van der Waals surface area contributed by atoms with Gasteiger partial charge < -0.3 is 5.73 Å². The van der Waals surface area contributed by atoms with Crippen LogP contribution in [0, 0.1) is 18.3 Å². The molecule has 4 heteroatoms. The number of nitrogens with zero attached hydrogens (tertiary/aromatic N) is 1. The van der Waals surface area contributed by atoms with Gasteiger partial charge in [0.25, 0.3) is 0 Å². The third-order valence-electron chi connectivity index (χ3n) is 1.43. The highest BCUT2D eigenvalue weighted by atomic mass is 32.1. The smallest absolute Gasteiger partial charge is 0.114 e. The second-order valence-corrected chi connectivity index (χ2v) is 4.24. The summed E-state index contributed by atoms with van der Waals surface area (Å²) >= 11 is 6.32. The van der Waals surface area contributed by atoms with Crippen LogP contribution in [0.2, 0.25) is 0 Å². The SMILES string of the molecule is Cc1ccc(/C=C(\C#N)C(N)=S)s1. The zero-order valence-electron chi connectivity index (χ0n) is 7.07. The van der Waals surface area contributed by atoms with Gasteiger partial charge >= 0.3 is 0 Å². The third-order valence-corrected chi connectivity index (χ3v) is 2.60. The van der Waals surface area contributed by atoms with Crippen molar-refractivity contribution in [2.24, 2.45) is 5.73 Å². The number of nitrogens with two attached hydrogens (primary N) is 1. The van der Waals surface area contributed by atoms with Crippen LogP contribution in [0.1, 0.15) is 9.75 Å². The zero-order valence-corrected chi connectivity index (χ0v) is 8.71. The highest BCUT2D eigenvalue weighted by Gasteiger charge is 2.00. The molecule has 0 aliphatic rings. The van der Waals surface area contributed by atoms with Crippen LogP contribution in [0.3, 0.4) is 0 Å². The summed E-state index contributed by atoms with van der Waals surface area (Å²) in [5.41, 5.74) is 5.71. The molecule has 0 spiro atoms.